The first-order chi connectivity index (χ1) is 8.60. The zero-order valence-electron chi connectivity index (χ0n) is 11.3. The Kier molecular flexibility index (Phi) is 2.67. The number of carbonyl (C=O) groups is 1. The Balaban J connectivity index is 2.14. The lowest BCUT2D eigenvalue weighted by Crippen LogP contribution is -2.44. The molecule has 1 aromatic rings. The molecule has 2 heterocycles. The predicted octanol–water partition coefficient (Wildman–Crippen LogP) is 1.70. The van der Waals surface area contributed by atoms with Crippen LogP contribution in [0.25, 0.3) is 0 Å². The Bertz CT molecular complexity index is 509. The summed E-state index contributed by atoms with van der Waals surface area (Å²) < 4.78 is 0. The van der Waals surface area contributed by atoms with Crippen LogP contribution in [0.5, 0.6) is 0 Å². The summed E-state index contributed by atoms with van der Waals surface area (Å²) in [7, 11) is 2.13. The topological polar surface area (TPSA) is 32.3 Å². The Labute approximate surface area is 108 Å². The minimum atomic E-state index is 0.113. The van der Waals surface area contributed by atoms with Crippen molar-refractivity contribution in [1.29, 1.82) is 0 Å². The SMILES string of the molecule is CCc1cc(C)c2c(c1)[C@H]1CN(C)C[C@@H]1NC2=O. The summed E-state index contributed by atoms with van der Waals surface area (Å²) in [5.74, 6) is 0.578. The molecule has 0 aliphatic carbocycles. The first-order valence-electron chi connectivity index (χ1n) is 6.73. The van der Waals surface area contributed by atoms with E-state index in [1.54, 1.807) is 0 Å². The van der Waals surface area contributed by atoms with Gasteiger partial charge in [-0.25, -0.2) is 0 Å². The minimum Gasteiger partial charge on any atom is -0.347 e. The quantitative estimate of drug-likeness (QED) is 0.815. The van der Waals surface area contributed by atoms with E-state index in [1.807, 2.05) is 0 Å². The van der Waals surface area contributed by atoms with Gasteiger partial charge in [0, 0.05) is 30.6 Å². The van der Waals surface area contributed by atoms with Crippen molar-refractivity contribution in [3.63, 3.8) is 0 Å². The van der Waals surface area contributed by atoms with Crippen molar-refractivity contribution in [2.75, 3.05) is 20.1 Å². The van der Waals surface area contributed by atoms with Crippen LogP contribution in [0.15, 0.2) is 12.1 Å². The minimum absolute atomic E-state index is 0.113. The van der Waals surface area contributed by atoms with Gasteiger partial charge in [-0.3, -0.25) is 4.79 Å². The molecule has 1 saturated heterocycles. The molecular weight excluding hydrogens is 224 g/mol. The number of aryl methyl sites for hydroxylation is 2. The van der Waals surface area contributed by atoms with Crippen molar-refractivity contribution < 1.29 is 4.79 Å². The number of likely N-dealkylation sites (N-methyl/N-ethyl adjacent to an activating group) is 1. The molecule has 0 spiro atoms. The van der Waals surface area contributed by atoms with E-state index in [9.17, 15) is 4.79 Å². The summed E-state index contributed by atoms with van der Waals surface area (Å²) in [6.07, 6.45) is 1.03. The number of hydrogen-bond donors (Lipinski definition) is 1. The monoisotopic (exact) mass is 244 g/mol. The second kappa shape index (κ2) is 4.09. The molecule has 0 aromatic heterocycles. The average Bonchev–Trinajstić information content (AvgIpc) is 2.69. The molecule has 2 aliphatic rings. The third-order valence-electron chi connectivity index (χ3n) is 4.28. The molecule has 96 valence electrons. The first kappa shape index (κ1) is 11.7. The van der Waals surface area contributed by atoms with E-state index in [2.05, 4.69) is 43.2 Å². The maximum atomic E-state index is 12.2. The van der Waals surface area contributed by atoms with E-state index in [0.29, 0.717) is 12.0 Å². The molecule has 0 bridgehead atoms. The van der Waals surface area contributed by atoms with Crippen LogP contribution in [0.4, 0.5) is 0 Å². The number of rotatable bonds is 1. The highest BCUT2D eigenvalue weighted by molar-refractivity contribution is 5.99. The van der Waals surface area contributed by atoms with E-state index < -0.39 is 0 Å². The number of nitrogens with one attached hydrogen (secondary N) is 1. The lowest BCUT2D eigenvalue weighted by molar-refractivity contribution is 0.0922. The van der Waals surface area contributed by atoms with Crippen molar-refractivity contribution in [3.8, 4) is 0 Å². The van der Waals surface area contributed by atoms with Crippen LogP contribution in [-0.4, -0.2) is 37.0 Å². The maximum Gasteiger partial charge on any atom is 0.252 e. The van der Waals surface area contributed by atoms with Gasteiger partial charge in [-0.2, -0.15) is 0 Å². The Hall–Kier alpha value is -1.35. The fraction of sp³-hybridized carbons (Fsp3) is 0.533. The van der Waals surface area contributed by atoms with Gasteiger partial charge in [-0.15, -0.1) is 0 Å². The fourth-order valence-corrected chi connectivity index (χ4v) is 3.40. The Morgan fingerprint density at radius 1 is 1.39 bits per heavy atom. The summed E-state index contributed by atoms with van der Waals surface area (Å²) in [5.41, 5.74) is 4.65. The average molecular weight is 244 g/mol. The largest absolute Gasteiger partial charge is 0.347 e. The number of benzene rings is 1. The van der Waals surface area contributed by atoms with Crippen LogP contribution >= 0.6 is 0 Å². The molecule has 3 heteroatoms. The third kappa shape index (κ3) is 1.65. The lowest BCUT2D eigenvalue weighted by Gasteiger charge is -2.29. The van der Waals surface area contributed by atoms with Gasteiger partial charge in [0.1, 0.15) is 0 Å². The Morgan fingerprint density at radius 2 is 2.17 bits per heavy atom. The molecule has 0 saturated carbocycles. The summed E-state index contributed by atoms with van der Waals surface area (Å²) in [4.78, 5) is 14.5. The lowest BCUT2D eigenvalue weighted by atomic mass is 9.83. The van der Waals surface area contributed by atoms with Gasteiger partial charge in [0.05, 0.1) is 0 Å². The zero-order valence-corrected chi connectivity index (χ0v) is 11.3. The van der Waals surface area contributed by atoms with Gasteiger partial charge in [0.25, 0.3) is 5.91 Å². The number of hydrogen-bond acceptors (Lipinski definition) is 2. The molecule has 1 amide bonds. The van der Waals surface area contributed by atoms with Crippen LogP contribution in [0.1, 0.15) is 39.9 Å². The normalized spacial score (nSPS) is 26.7. The van der Waals surface area contributed by atoms with Crippen molar-refractivity contribution in [3.05, 3.63) is 34.4 Å². The number of nitrogens with zero attached hydrogens (tertiary/aromatic N) is 1. The Morgan fingerprint density at radius 3 is 2.89 bits per heavy atom. The van der Waals surface area contributed by atoms with Gasteiger partial charge in [-0.05, 0) is 37.1 Å². The number of fused-ring (bicyclic) bond motifs is 3. The van der Waals surface area contributed by atoms with E-state index >= 15 is 0 Å². The van der Waals surface area contributed by atoms with Crippen molar-refractivity contribution in [2.24, 2.45) is 0 Å². The summed E-state index contributed by atoms with van der Waals surface area (Å²) in [6.45, 7) is 6.23. The molecule has 3 nitrogen and oxygen atoms in total. The third-order valence-corrected chi connectivity index (χ3v) is 4.28. The van der Waals surface area contributed by atoms with Crippen LogP contribution in [0.3, 0.4) is 0 Å². The van der Waals surface area contributed by atoms with Gasteiger partial charge >= 0.3 is 0 Å². The highest BCUT2D eigenvalue weighted by Crippen LogP contribution is 2.35. The standard InChI is InChI=1S/C15H20N2O/c1-4-10-5-9(2)14-11(6-10)12-7-17(3)8-13(12)16-15(14)18/h5-6,12-13H,4,7-8H2,1-3H3,(H,16,18)/t12-,13+/m1/s1. The fourth-order valence-electron chi connectivity index (χ4n) is 3.40. The van der Waals surface area contributed by atoms with Crippen LogP contribution in [-0.2, 0) is 6.42 Å². The van der Waals surface area contributed by atoms with E-state index in [1.165, 1.54) is 11.1 Å². The highest BCUT2D eigenvalue weighted by atomic mass is 16.1. The molecule has 2 aliphatic heterocycles. The van der Waals surface area contributed by atoms with Gasteiger partial charge in [-0.1, -0.05) is 19.1 Å². The summed E-state index contributed by atoms with van der Waals surface area (Å²) in [5, 5.41) is 3.16. The molecule has 0 unspecified atom stereocenters. The zero-order chi connectivity index (χ0) is 12.9. The van der Waals surface area contributed by atoms with Gasteiger partial charge in [0.2, 0.25) is 0 Å². The van der Waals surface area contributed by atoms with Gasteiger partial charge in [0.15, 0.2) is 0 Å². The molecule has 0 radical (unpaired) electrons. The number of carbonyl (C=O) groups excluding carboxylic acids is 1. The summed E-state index contributed by atoms with van der Waals surface area (Å²) in [6, 6.07) is 4.69. The van der Waals surface area contributed by atoms with E-state index in [4.69, 9.17) is 0 Å². The number of likely N-dealkylation sites (tertiary alicyclic amines) is 1. The second-order valence-electron chi connectivity index (χ2n) is 5.64. The first-order valence-corrected chi connectivity index (χ1v) is 6.73. The molecule has 1 fully saturated rings. The summed E-state index contributed by atoms with van der Waals surface area (Å²) >= 11 is 0. The molecule has 18 heavy (non-hydrogen) atoms. The maximum absolute atomic E-state index is 12.2. The smallest absolute Gasteiger partial charge is 0.252 e. The van der Waals surface area contributed by atoms with Crippen LogP contribution in [0, 0.1) is 6.92 Å². The highest BCUT2D eigenvalue weighted by Gasteiger charge is 2.39. The van der Waals surface area contributed by atoms with E-state index in [0.717, 1.165) is 30.6 Å². The predicted molar refractivity (Wildman–Crippen MR) is 72.0 cm³/mol. The second-order valence-corrected chi connectivity index (χ2v) is 5.64. The number of amides is 1. The van der Waals surface area contributed by atoms with Crippen LogP contribution in [0.2, 0.25) is 0 Å². The molecular formula is C15H20N2O. The van der Waals surface area contributed by atoms with Crippen molar-refractivity contribution in [1.82, 2.24) is 10.2 Å². The molecule has 3 rings (SSSR count). The van der Waals surface area contributed by atoms with Crippen molar-refractivity contribution in [2.45, 2.75) is 32.2 Å². The van der Waals surface area contributed by atoms with E-state index in [-0.39, 0.29) is 5.91 Å². The van der Waals surface area contributed by atoms with Crippen LogP contribution < -0.4 is 5.32 Å². The molecule has 2 atom stereocenters. The molecule has 1 aromatic carbocycles. The van der Waals surface area contributed by atoms with Crippen molar-refractivity contribution >= 4 is 5.91 Å². The van der Waals surface area contributed by atoms with Gasteiger partial charge < -0.3 is 10.2 Å². The molecule has 1 N–H and O–H groups in total.